The molecule has 0 spiro atoms. The molecule has 0 aromatic carbocycles. The monoisotopic (exact) mass is 282 g/mol. The van der Waals surface area contributed by atoms with E-state index in [-0.39, 0.29) is 6.10 Å². The summed E-state index contributed by atoms with van der Waals surface area (Å²) in [6.07, 6.45) is 8.31. The number of aliphatic hydroxyl groups is 1. The zero-order valence-electron chi connectivity index (χ0n) is 13.7. The zero-order valence-corrected chi connectivity index (χ0v) is 13.7. The molecule has 118 valence electrons. The van der Waals surface area contributed by atoms with Crippen LogP contribution in [0.5, 0.6) is 0 Å². The van der Waals surface area contributed by atoms with E-state index in [0.29, 0.717) is 0 Å². The number of hydrogen-bond acceptors (Lipinski definition) is 2. The first-order chi connectivity index (χ1) is 9.63. The van der Waals surface area contributed by atoms with E-state index < -0.39 is 0 Å². The third-order valence-corrected chi connectivity index (χ3v) is 6.18. The van der Waals surface area contributed by atoms with Crippen LogP contribution in [0.15, 0.2) is 0 Å². The van der Waals surface area contributed by atoms with Crippen molar-refractivity contribution in [2.45, 2.75) is 71.8 Å². The second-order valence-electron chi connectivity index (χ2n) is 7.30. The minimum atomic E-state index is -0.106. The van der Waals surface area contributed by atoms with Crippen molar-refractivity contribution in [2.24, 2.45) is 29.6 Å². The van der Waals surface area contributed by atoms with Crippen LogP contribution < -0.4 is 0 Å². The fourth-order valence-corrected chi connectivity index (χ4v) is 4.75. The van der Waals surface area contributed by atoms with Crippen LogP contribution in [0.25, 0.3) is 0 Å². The molecule has 2 bridgehead atoms. The van der Waals surface area contributed by atoms with E-state index in [1.807, 2.05) is 6.92 Å². The number of aliphatic hydroxyl groups excluding tert-OH is 1. The van der Waals surface area contributed by atoms with Gasteiger partial charge in [-0.25, -0.2) is 0 Å². The van der Waals surface area contributed by atoms with Crippen molar-refractivity contribution in [2.75, 3.05) is 13.2 Å². The molecule has 6 atom stereocenters. The van der Waals surface area contributed by atoms with Crippen molar-refractivity contribution >= 4 is 0 Å². The molecule has 0 heterocycles. The summed E-state index contributed by atoms with van der Waals surface area (Å²) < 4.78 is 5.31. The number of ether oxygens (including phenoxy) is 1. The van der Waals surface area contributed by atoms with E-state index in [1.54, 1.807) is 0 Å². The fraction of sp³-hybridized carbons (Fsp3) is 1.00. The molecule has 0 saturated heterocycles. The van der Waals surface area contributed by atoms with Gasteiger partial charge in [0.2, 0.25) is 0 Å². The van der Waals surface area contributed by atoms with Crippen molar-refractivity contribution in [1.82, 2.24) is 0 Å². The second-order valence-corrected chi connectivity index (χ2v) is 7.30. The predicted octanol–water partition coefficient (Wildman–Crippen LogP) is 4.26. The molecule has 20 heavy (non-hydrogen) atoms. The van der Waals surface area contributed by atoms with Crippen LogP contribution in [0.3, 0.4) is 0 Å². The summed E-state index contributed by atoms with van der Waals surface area (Å²) in [5.74, 6) is 4.86. The Morgan fingerprint density at radius 3 is 2.50 bits per heavy atom. The Bertz CT molecular complexity index is 277. The molecule has 0 amide bonds. The Morgan fingerprint density at radius 2 is 1.85 bits per heavy atom. The van der Waals surface area contributed by atoms with Gasteiger partial charge in [-0.1, -0.05) is 26.7 Å². The summed E-state index contributed by atoms with van der Waals surface area (Å²) in [6, 6.07) is 0. The Balaban J connectivity index is 1.56. The molecule has 2 saturated carbocycles. The van der Waals surface area contributed by atoms with Crippen molar-refractivity contribution < 1.29 is 9.84 Å². The van der Waals surface area contributed by atoms with Crippen LogP contribution in [0.4, 0.5) is 0 Å². The highest BCUT2D eigenvalue weighted by atomic mass is 16.5. The highest BCUT2D eigenvalue weighted by Crippen LogP contribution is 2.56. The van der Waals surface area contributed by atoms with Gasteiger partial charge in [-0.2, -0.15) is 0 Å². The summed E-state index contributed by atoms with van der Waals surface area (Å²) in [5.41, 5.74) is 0. The lowest BCUT2D eigenvalue weighted by Crippen LogP contribution is -2.24. The van der Waals surface area contributed by atoms with Crippen molar-refractivity contribution in [3.8, 4) is 0 Å². The Hall–Kier alpha value is -0.0800. The summed E-state index contributed by atoms with van der Waals surface area (Å²) in [6.45, 7) is 8.53. The van der Waals surface area contributed by atoms with Gasteiger partial charge < -0.3 is 9.84 Å². The molecular formula is C18H34O2. The third-order valence-electron chi connectivity index (χ3n) is 6.18. The van der Waals surface area contributed by atoms with Gasteiger partial charge in [0.1, 0.15) is 0 Å². The molecule has 2 aliphatic rings. The molecule has 2 rings (SSSR count). The fourth-order valence-electron chi connectivity index (χ4n) is 4.75. The maximum Gasteiger partial charge on any atom is 0.0541 e. The largest absolute Gasteiger partial charge is 0.393 e. The van der Waals surface area contributed by atoms with Crippen LogP contribution in [0.1, 0.15) is 65.7 Å². The van der Waals surface area contributed by atoms with Crippen molar-refractivity contribution in [1.29, 1.82) is 0 Å². The molecule has 2 fully saturated rings. The number of rotatable bonds is 9. The SMILES string of the molecule is CCOCCCC(O)CCCC1CC2CC1C(C)C2C. The van der Waals surface area contributed by atoms with E-state index in [9.17, 15) is 5.11 Å². The molecule has 0 aromatic heterocycles. The molecule has 2 nitrogen and oxygen atoms in total. The Kier molecular flexibility index (Phi) is 6.35. The van der Waals surface area contributed by atoms with Crippen molar-refractivity contribution in [3.63, 3.8) is 0 Å². The van der Waals surface area contributed by atoms with Gasteiger partial charge in [0.25, 0.3) is 0 Å². The molecule has 0 radical (unpaired) electrons. The highest BCUT2D eigenvalue weighted by molar-refractivity contribution is 4.97. The normalized spacial score (nSPS) is 37.5. The van der Waals surface area contributed by atoms with Crippen LogP contribution in [0.2, 0.25) is 0 Å². The van der Waals surface area contributed by atoms with Crippen LogP contribution in [0, 0.1) is 29.6 Å². The topological polar surface area (TPSA) is 29.5 Å². The van der Waals surface area contributed by atoms with E-state index in [2.05, 4.69) is 13.8 Å². The Morgan fingerprint density at radius 1 is 1.10 bits per heavy atom. The van der Waals surface area contributed by atoms with Gasteiger partial charge in [-0.05, 0) is 68.6 Å². The first-order valence-electron chi connectivity index (χ1n) is 8.89. The minimum absolute atomic E-state index is 0.106. The van der Waals surface area contributed by atoms with Crippen LogP contribution in [-0.4, -0.2) is 24.4 Å². The van der Waals surface area contributed by atoms with Gasteiger partial charge in [-0.3, -0.25) is 0 Å². The van der Waals surface area contributed by atoms with E-state index in [1.165, 1.54) is 25.7 Å². The molecular weight excluding hydrogens is 248 g/mol. The van der Waals surface area contributed by atoms with E-state index in [4.69, 9.17) is 4.74 Å². The lowest BCUT2D eigenvalue weighted by Gasteiger charge is -2.32. The first-order valence-corrected chi connectivity index (χ1v) is 8.89. The van der Waals surface area contributed by atoms with Gasteiger partial charge >= 0.3 is 0 Å². The number of hydrogen-bond donors (Lipinski definition) is 1. The highest BCUT2D eigenvalue weighted by Gasteiger charge is 2.47. The number of fused-ring (bicyclic) bond motifs is 2. The molecule has 1 N–H and O–H groups in total. The zero-order chi connectivity index (χ0) is 14.5. The maximum atomic E-state index is 9.99. The van der Waals surface area contributed by atoms with Gasteiger partial charge in [0, 0.05) is 13.2 Å². The molecule has 0 aromatic rings. The first kappa shape index (κ1) is 16.3. The second kappa shape index (κ2) is 7.79. The predicted molar refractivity (Wildman–Crippen MR) is 83.6 cm³/mol. The average molecular weight is 282 g/mol. The summed E-state index contributed by atoms with van der Waals surface area (Å²) in [4.78, 5) is 0. The maximum absolute atomic E-state index is 9.99. The average Bonchev–Trinajstić information content (AvgIpc) is 2.96. The van der Waals surface area contributed by atoms with Crippen LogP contribution >= 0.6 is 0 Å². The smallest absolute Gasteiger partial charge is 0.0541 e. The Labute approximate surface area is 125 Å². The molecule has 2 heteroatoms. The van der Waals surface area contributed by atoms with Crippen LogP contribution in [-0.2, 0) is 4.74 Å². The summed E-state index contributed by atoms with van der Waals surface area (Å²) in [7, 11) is 0. The summed E-state index contributed by atoms with van der Waals surface area (Å²) >= 11 is 0. The molecule has 2 aliphatic carbocycles. The lowest BCUT2D eigenvalue weighted by atomic mass is 9.74. The van der Waals surface area contributed by atoms with E-state index in [0.717, 1.165) is 62.1 Å². The molecule has 6 unspecified atom stereocenters. The lowest BCUT2D eigenvalue weighted by molar-refractivity contribution is 0.105. The van der Waals surface area contributed by atoms with Gasteiger partial charge in [-0.15, -0.1) is 0 Å². The quantitative estimate of drug-likeness (QED) is 0.640. The standard InChI is InChI=1S/C18H34O2/c1-4-20-10-6-9-17(19)8-5-7-15-11-16-12-18(15)14(3)13(16)2/h13-19H,4-12H2,1-3H3. The van der Waals surface area contributed by atoms with E-state index >= 15 is 0 Å². The third kappa shape index (κ3) is 3.98. The minimum Gasteiger partial charge on any atom is -0.393 e. The molecule has 0 aliphatic heterocycles. The van der Waals surface area contributed by atoms with Gasteiger partial charge in [0.15, 0.2) is 0 Å². The van der Waals surface area contributed by atoms with Gasteiger partial charge in [0.05, 0.1) is 6.10 Å². The van der Waals surface area contributed by atoms with Crippen molar-refractivity contribution in [3.05, 3.63) is 0 Å². The summed E-state index contributed by atoms with van der Waals surface area (Å²) in [5, 5.41) is 9.99.